The molecule has 1 aliphatic heterocycles. The molecule has 0 saturated carbocycles. The van der Waals surface area contributed by atoms with Crippen LogP contribution in [0.3, 0.4) is 0 Å². The average molecular weight is 365 g/mol. The number of benzene rings is 2. The van der Waals surface area contributed by atoms with E-state index in [-0.39, 0.29) is 37.1 Å². The summed E-state index contributed by atoms with van der Waals surface area (Å²) in [4.78, 5) is 39.2. The Morgan fingerprint density at radius 1 is 1.00 bits per heavy atom. The molecule has 2 aromatic carbocycles. The van der Waals surface area contributed by atoms with Crippen LogP contribution in [0.2, 0.25) is 0 Å². The van der Waals surface area contributed by atoms with Crippen molar-refractivity contribution in [1.29, 1.82) is 0 Å². The molecule has 0 radical (unpaired) electrons. The van der Waals surface area contributed by atoms with Crippen LogP contribution < -0.4 is 5.32 Å². The summed E-state index contributed by atoms with van der Waals surface area (Å²) in [6.07, 6.45) is 0.568. The van der Waals surface area contributed by atoms with Crippen molar-refractivity contribution in [3.63, 3.8) is 0 Å². The number of amides is 3. The van der Waals surface area contributed by atoms with Gasteiger partial charge in [-0.25, -0.2) is 0 Å². The molecule has 140 valence electrons. The van der Waals surface area contributed by atoms with Gasteiger partial charge in [0, 0.05) is 30.6 Å². The molecule has 1 saturated heterocycles. The summed E-state index contributed by atoms with van der Waals surface area (Å²) in [6, 6.07) is 14.7. The van der Waals surface area contributed by atoms with E-state index in [0.29, 0.717) is 5.56 Å². The first-order valence-electron chi connectivity index (χ1n) is 8.89. The van der Waals surface area contributed by atoms with Gasteiger partial charge < -0.3 is 10.2 Å². The summed E-state index contributed by atoms with van der Waals surface area (Å²) in [5.74, 6) is -0.476. The van der Waals surface area contributed by atoms with Crippen LogP contribution in [0, 0.1) is 0 Å². The maximum atomic E-state index is 12.5. The number of carbonyl (C=O) groups is 3. The van der Waals surface area contributed by atoms with E-state index < -0.39 is 0 Å². The molecule has 6 nitrogen and oxygen atoms in total. The Labute approximate surface area is 158 Å². The second-order valence-electron chi connectivity index (χ2n) is 6.96. The minimum atomic E-state index is -0.197. The molecule has 27 heavy (non-hydrogen) atoms. The Morgan fingerprint density at radius 3 is 2.30 bits per heavy atom. The highest BCUT2D eigenvalue weighted by atomic mass is 16.2. The summed E-state index contributed by atoms with van der Waals surface area (Å²) >= 11 is 0. The van der Waals surface area contributed by atoms with Gasteiger partial charge in [0.05, 0.1) is 6.54 Å². The lowest BCUT2D eigenvalue weighted by Crippen LogP contribution is -2.28. The van der Waals surface area contributed by atoms with Gasteiger partial charge in [0.2, 0.25) is 11.8 Å². The Hall–Kier alpha value is -2.99. The third kappa shape index (κ3) is 4.80. The van der Waals surface area contributed by atoms with E-state index in [1.807, 2.05) is 38.4 Å². The maximum Gasteiger partial charge on any atom is 0.255 e. The van der Waals surface area contributed by atoms with Gasteiger partial charge in [-0.15, -0.1) is 0 Å². The van der Waals surface area contributed by atoms with E-state index in [9.17, 15) is 14.4 Å². The van der Waals surface area contributed by atoms with Crippen LogP contribution in [0.25, 0.3) is 0 Å². The lowest BCUT2D eigenvalue weighted by atomic mass is 10.1. The predicted molar refractivity (Wildman–Crippen MR) is 103 cm³/mol. The lowest BCUT2D eigenvalue weighted by Gasteiger charge is -2.14. The van der Waals surface area contributed by atoms with Crippen LogP contribution >= 0.6 is 0 Å². The van der Waals surface area contributed by atoms with E-state index in [4.69, 9.17) is 0 Å². The van der Waals surface area contributed by atoms with Crippen molar-refractivity contribution in [2.45, 2.75) is 25.9 Å². The van der Waals surface area contributed by atoms with Crippen LogP contribution in [0.5, 0.6) is 0 Å². The van der Waals surface area contributed by atoms with E-state index in [0.717, 1.165) is 23.4 Å². The molecule has 1 N–H and O–H groups in total. The third-order valence-electron chi connectivity index (χ3n) is 4.40. The van der Waals surface area contributed by atoms with Gasteiger partial charge in [-0.3, -0.25) is 19.3 Å². The first kappa shape index (κ1) is 18.8. The molecule has 0 atom stereocenters. The number of hydrogen-bond acceptors (Lipinski definition) is 4. The Morgan fingerprint density at radius 2 is 1.67 bits per heavy atom. The van der Waals surface area contributed by atoms with Crippen LogP contribution in [0.15, 0.2) is 48.5 Å². The number of likely N-dealkylation sites (tertiary alicyclic amines) is 1. The second kappa shape index (κ2) is 8.14. The molecule has 0 aromatic heterocycles. The van der Waals surface area contributed by atoms with Gasteiger partial charge in [0.15, 0.2) is 0 Å². The minimum absolute atomic E-state index is 0.139. The largest absolute Gasteiger partial charge is 0.322 e. The first-order valence-corrected chi connectivity index (χ1v) is 8.89. The van der Waals surface area contributed by atoms with Gasteiger partial charge in [-0.2, -0.15) is 0 Å². The van der Waals surface area contributed by atoms with Crippen molar-refractivity contribution in [3.05, 3.63) is 65.2 Å². The number of hydrogen-bond donors (Lipinski definition) is 1. The van der Waals surface area contributed by atoms with E-state index in [1.54, 1.807) is 24.3 Å². The molecule has 6 heteroatoms. The normalized spacial score (nSPS) is 14.1. The quantitative estimate of drug-likeness (QED) is 0.799. The smallest absolute Gasteiger partial charge is 0.255 e. The topological polar surface area (TPSA) is 69.7 Å². The molecule has 3 amide bonds. The molecule has 1 aliphatic rings. The Balaban J connectivity index is 1.64. The average Bonchev–Trinajstić information content (AvgIpc) is 2.94. The zero-order valence-corrected chi connectivity index (χ0v) is 15.6. The summed E-state index contributed by atoms with van der Waals surface area (Å²) in [5, 5.41) is 2.90. The lowest BCUT2D eigenvalue weighted by molar-refractivity contribution is -0.139. The van der Waals surface area contributed by atoms with Gasteiger partial charge >= 0.3 is 0 Å². The van der Waals surface area contributed by atoms with Crippen molar-refractivity contribution in [3.8, 4) is 0 Å². The maximum absolute atomic E-state index is 12.5. The van der Waals surface area contributed by atoms with Gasteiger partial charge in [-0.05, 0) is 49.5 Å². The number of nitrogens with one attached hydrogen (secondary N) is 1. The number of rotatable bonds is 6. The fourth-order valence-electron chi connectivity index (χ4n) is 3.06. The number of nitrogens with zero attached hydrogens (tertiary/aromatic N) is 2. The van der Waals surface area contributed by atoms with Crippen LogP contribution in [-0.4, -0.2) is 41.6 Å². The fraction of sp³-hybridized carbons (Fsp3) is 0.286. The molecule has 0 bridgehead atoms. The van der Waals surface area contributed by atoms with Crippen molar-refractivity contribution in [1.82, 2.24) is 9.80 Å². The van der Waals surface area contributed by atoms with Gasteiger partial charge in [-0.1, -0.05) is 24.3 Å². The van der Waals surface area contributed by atoms with Crippen LogP contribution in [0.1, 0.15) is 34.3 Å². The Bertz CT molecular complexity index is 843. The molecule has 1 fully saturated rings. The first-order chi connectivity index (χ1) is 12.9. The molecule has 0 unspecified atom stereocenters. The van der Waals surface area contributed by atoms with Crippen molar-refractivity contribution in [2.24, 2.45) is 0 Å². The summed E-state index contributed by atoms with van der Waals surface area (Å²) in [6.45, 7) is 1.05. The van der Waals surface area contributed by atoms with Crippen LogP contribution in [0.4, 0.5) is 5.69 Å². The molecule has 0 spiro atoms. The summed E-state index contributed by atoms with van der Waals surface area (Å²) in [7, 11) is 3.99. The highest BCUT2D eigenvalue weighted by molar-refractivity contribution is 6.04. The third-order valence-corrected chi connectivity index (χ3v) is 4.40. The highest BCUT2D eigenvalue weighted by Gasteiger charge is 2.28. The summed E-state index contributed by atoms with van der Waals surface area (Å²) in [5.41, 5.74) is 3.21. The Kier molecular flexibility index (Phi) is 5.66. The molecular formula is C21H23N3O3. The molecule has 0 aliphatic carbocycles. The molecular weight excluding hydrogens is 342 g/mol. The fourth-order valence-corrected chi connectivity index (χ4v) is 3.06. The zero-order valence-electron chi connectivity index (χ0n) is 15.6. The number of imide groups is 1. The molecule has 2 aromatic rings. The van der Waals surface area contributed by atoms with E-state index in [1.165, 1.54) is 4.90 Å². The number of anilines is 1. The van der Waals surface area contributed by atoms with Crippen molar-refractivity contribution in [2.75, 3.05) is 19.4 Å². The van der Waals surface area contributed by atoms with Gasteiger partial charge in [0.25, 0.3) is 5.91 Å². The minimum Gasteiger partial charge on any atom is -0.322 e. The molecule has 1 heterocycles. The second-order valence-corrected chi connectivity index (χ2v) is 6.96. The zero-order chi connectivity index (χ0) is 19.4. The van der Waals surface area contributed by atoms with E-state index >= 15 is 0 Å². The predicted octanol–water partition coefficient (Wildman–Crippen LogP) is 2.65. The molecule has 3 rings (SSSR count). The standard InChI is InChI=1S/C21H23N3O3/c1-23(2)13-16-4-3-5-18(12-16)22-21(27)17-8-6-15(7-9-17)14-24-19(25)10-11-20(24)26/h3-9,12H,10-11,13-14H2,1-2H3,(H,22,27). The van der Waals surface area contributed by atoms with Crippen LogP contribution in [-0.2, 0) is 22.7 Å². The van der Waals surface area contributed by atoms with Gasteiger partial charge in [0.1, 0.15) is 0 Å². The monoisotopic (exact) mass is 365 g/mol. The highest BCUT2D eigenvalue weighted by Crippen LogP contribution is 2.17. The SMILES string of the molecule is CN(C)Cc1cccc(NC(=O)c2ccc(CN3C(=O)CCC3=O)cc2)c1. The van der Waals surface area contributed by atoms with Crippen molar-refractivity contribution < 1.29 is 14.4 Å². The van der Waals surface area contributed by atoms with Crippen molar-refractivity contribution >= 4 is 23.4 Å². The van der Waals surface area contributed by atoms with E-state index in [2.05, 4.69) is 10.2 Å². The number of carbonyl (C=O) groups excluding carboxylic acids is 3. The summed E-state index contributed by atoms with van der Waals surface area (Å²) < 4.78 is 0.